The highest BCUT2D eigenvalue weighted by molar-refractivity contribution is 5.67. The number of hydrogen-bond acceptors (Lipinski definition) is 8. The van der Waals surface area contributed by atoms with Gasteiger partial charge in [0.15, 0.2) is 0 Å². The van der Waals surface area contributed by atoms with Crippen LogP contribution in [0.25, 0.3) is 5.65 Å². The van der Waals surface area contributed by atoms with Crippen LogP contribution in [0.3, 0.4) is 0 Å². The standard InChI is InChI=1S/C23H29FN6O5/c1-14(12-25-22(31)35-23(3,4)5)34-19-8-7-16(24)11-17(19)15(2)28(6)20-9-10-29-21(27-20)18(13-26-29)30(32)33/h7-11,13-15H,12H2,1-6H3,(H,25,31)/t14-,15+/m0/s1. The first-order valence-electron chi connectivity index (χ1n) is 11.0. The maximum Gasteiger partial charge on any atom is 0.407 e. The smallest absolute Gasteiger partial charge is 0.407 e. The number of nitrogens with one attached hydrogen (secondary N) is 1. The summed E-state index contributed by atoms with van der Waals surface area (Å²) < 4.78 is 26.7. The quantitative estimate of drug-likeness (QED) is 0.368. The second-order valence-electron chi connectivity index (χ2n) is 9.12. The molecule has 2 atom stereocenters. The van der Waals surface area contributed by atoms with Crippen LogP contribution < -0.4 is 15.0 Å². The number of rotatable bonds is 8. The molecule has 0 radical (unpaired) electrons. The van der Waals surface area contributed by atoms with E-state index in [2.05, 4.69) is 15.4 Å². The summed E-state index contributed by atoms with van der Waals surface area (Å²) in [5.74, 6) is 0.422. The van der Waals surface area contributed by atoms with Crippen molar-refractivity contribution in [3.05, 3.63) is 58.2 Å². The van der Waals surface area contributed by atoms with Crippen LogP contribution >= 0.6 is 0 Å². The van der Waals surface area contributed by atoms with Crippen LogP contribution in [0, 0.1) is 15.9 Å². The van der Waals surface area contributed by atoms with Crippen LogP contribution in [-0.2, 0) is 4.74 Å². The molecular formula is C23H29FN6O5. The highest BCUT2D eigenvalue weighted by Gasteiger charge is 2.23. The molecule has 0 saturated heterocycles. The molecule has 0 aliphatic carbocycles. The summed E-state index contributed by atoms with van der Waals surface area (Å²) in [4.78, 5) is 28.8. The molecule has 0 saturated carbocycles. The molecule has 35 heavy (non-hydrogen) atoms. The monoisotopic (exact) mass is 488 g/mol. The summed E-state index contributed by atoms with van der Waals surface area (Å²) in [6, 6.07) is 5.43. The summed E-state index contributed by atoms with van der Waals surface area (Å²) in [5, 5.41) is 17.9. The van der Waals surface area contributed by atoms with E-state index in [-0.39, 0.29) is 17.9 Å². The van der Waals surface area contributed by atoms with Crippen LogP contribution in [0.4, 0.5) is 20.7 Å². The molecule has 0 aliphatic rings. The lowest BCUT2D eigenvalue weighted by atomic mass is 10.1. The first-order valence-corrected chi connectivity index (χ1v) is 11.0. The van der Waals surface area contributed by atoms with Gasteiger partial charge in [-0.1, -0.05) is 0 Å². The first kappa shape index (κ1) is 25.7. The van der Waals surface area contributed by atoms with Crippen molar-refractivity contribution in [1.82, 2.24) is 19.9 Å². The molecule has 1 aromatic carbocycles. The molecule has 0 bridgehead atoms. The summed E-state index contributed by atoms with van der Waals surface area (Å²) in [5.41, 5.74) is -0.188. The number of carbonyl (C=O) groups excluding carboxylic acids is 1. The Hall–Kier alpha value is -3.96. The zero-order valence-electron chi connectivity index (χ0n) is 20.5. The largest absolute Gasteiger partial charge is 0.489 e. The van der Waals surface area contributed by atoms with Crippen molar-refractivity contribution in [3.63, 3.8) is 0 Å². The zero-order chi connectivity index (χ0) is 25.9. The van der Waals surface area contributed by atoms with E-state index < -0.39 is 34.6 Å². The minimum atomic E-state index is -0.618. The highest BCUT2D eigenvalue weighted by atomic mass is 19.1. The number of halogens is 1. The lowest BCUT2D eigenvalue weighted by Gasteiger charge is -2.28. The molecule has 3 rings (SSSR count). The molecule has 11 nitrogen and oxygen atoms in total. The zero-order valence-corrected chi connectivity index (χ0v) is 20.5. The summed E-state index contributed by atoms with van der Waals surface area (Å²) in [7, 11) is 1.74. The number of anilines is 1. The minimum Gasteiger partial charge on any atom is -0.489 e. The molecule has 2 heterocycles. The number of hydrogen-bond donors (Lipinski definition) is 1. The van der Waals surface area contributed by atoms with Crippen LogP contribution in [0.1, 0.15) is 46.2 Å². The number of alkyl carbamates (subject to hydrolysis) is 1. The molecule has 0 aliphatic heterocycles. The van der Waals surface area contributed by atoms with Gasteiger partial charge in [-0.25, -0.2) is 18.7 Å². The second-order valence-corrected chi connectivity index (χ2v) is 9.12. The fourth-order valence-electron chi connectivity index (χ4n) is 3.33. The van der Waals surface area contributed by atoms with Crippen molar-refractivity contribution in [2.75, 3.05) is 18.5 Å². The summed E-state index contributed by atoms with van der Waals surface area (Å²) >= 11 is 0. The normalized spacial score (nSPS) is 13.2. The number of amides is 1. The molecule has 2 aromatic heterocycles. The predicted molar refractivity (Wildman–Crippen MR) is 127 cm³/mol. The van der Waals surface area contributed by atoms with Crippen molar-refractivity contribution in [2.45, 2.75) is 52.4 Å². The van der Waals surface area contributed by atoms with Gasteiger partial charge in [-0.05, 0) is 58.9 Å². The van der Waals surface area contributed by atoms with Gasteiger partial charge >= 0.3 is 11.8 Å². The van der Waals surface area contributed by atoms with Gasteiger partial charge in [-0.15, -0.1) is 0 Å². The second kappa shape index (κ2) is 10.1. The molecular weight excluding hydrogens is 459 g/mol. The van der Waals surface area contributed by atoms with E-state index in [1.807, 2.05) is 6.92 Å². The van der Waals surface area contributed by atoms with Gasteiger partial charge < -0.3 is 19.7 Å². The highest BCUT2D eigenvalue weighted by Crippen LogP contribution is 2.33. The fourth-order valence-corrected chi connectivity index (χ4v) is 3.33. The topological polar surface area (TPSA) is 124 Å². The summed E-state index contributed by atoms with van der Waals surface area (Å²) in [6.45, 7) is 9.10. The Morgan fingerprint density at radius 1 is 1.31 bits per heavy atom. The third-order valence-corrected chi connectivity index (χ3v) is 5.16. The molecule has 1 amide bonds. The SMILES string of the molecule is C[C@H](c1cc(F)ccc1O[C@@H](C)CNC(=O)OC(C)(C)C)N(C)c1ccn2ncc([N+](=O)[O-])c2n1. The van der Waals surface area contributed by atoms with E-state index in [9.17, 15) is 19.3 Å². The van der Waals surface area contributed by atoms with Gasteiger partial charge in [-0.2, -0.15) is 5.10 Å². The minimum absolute atomic E-state index is 0.101. The van der Waals surface area contributed by atoms with Gasteiger partial charge in [0.25, 0.3) is 0 Å². The Labute approximate surface area is 202 Å². The average Bonchev–Trinajstić information content (AvgIpc) is 3.20. The predicted octanol–water partition coefficient (Wildman–Crippen LogP) is 4.27. The van der Waals surface area contributed by atoms with Crippen molar-refractivity contribution in [3.8, 4) is 5.75 Å². The van der Waals surface area contributed by atoms with E-state index in [1.165, 1.54) is 22.7 Å². The molecule has 1 N–H and O–H groups in total. The number of carbonyl (C=O) groups is 1. The Morgan fingerprint density at radius 3 is 2.69 bits per heavy atom. The number of fused-ring (bicyclic) bond motifs is 1. The van der Waals surface area contributed by atoms with Crippen molar-refractivity contribution >= 4 is 23.2 Å². The van der Waals surface area contributed by atoms with E-state index in [1.54, 1.807) is 51.9 Å². The Kier molecular flexibility index (Phi) is 7.42. The lowest BCUT2D eigenvalue weighted by molar-refractivity contribution is -0.383. The van der Waals surface area contributed by atoms with Crippen LogP contribution in [0.2, 0.25) is 0 Å². The molecule has 3 aromatic rings. The maximum absolute atomic E-state index is 14.2. The average molecular weight is 489 g/mol. The number of nitro groups is 1. The van der Waals surface area contributed by atoms with E-state index in [0.29, 0.717) is 17.1 Å². The molecule has 188 valence electrons. The Balaban J connectivity index is 1.78. The number of ether oxygens (including phenoxy) is 2. The fraction of sp³-hybridized carbons (Fsp3) is 0.435. The van der Waals surface area contributed by atoms with E-state index in [4.69, 9.17) is 9.47 Å². The summed E-state index contributed by atoms with van der Waals surface area (Å²) in [6.07, 6.45) is 1.71. The molecule has 0 fully saturated rings. The molecule has 0 spiro atoms. The number of benzene rings is 1. The maximum atomic E-state index is 14.2. The number of nitrogens with zero attached hydrogens (tertiary/aromatic N) is 5. The van der Waals surface area contributed by atoms with Crippen molar-refractivity contribution < 1.29 is 23.6 Å². The van der Waals surface area contributed by atoms with Gasteiger partial charge in [0.2, 0.25) is 5.65 Å². The third-order valence-electron chi connectivity index (χ3n) is 5.16. The molecule has 0 unspecified atom stereocenters. The van der Waals surface area contributed by atoms with Crippen LogP contribution in [0.5, 0.6) is 5.75 Å². The van der Waals surface area contributed by atoms with Crippen LogP contribution in [-0.4, -0.2) is 50.9 Å². The number of aromatic nitrogens is 3. The Morgan fingerprint density at radius 2 is 2.03 bits per heavy atom. The van der Waals surface area contributed by atoms with Crippen molar-refractivity contribution in [1.29, 1.82) is 0 Å². The van der Waals surface area contributed by atoms with E-state index >= 15 is 0 Å². The van der Waals surface area contributed by atoms with E-state index in [0.717, 1.165) is 6.20 Å². The lowest BCUT2D eigenvalue weighted by Crippen LogP contribution is -2.37. The van der Waals surface area contributed by atoms with Gasteiger partial charge in [0, 0.05) is 18.8 Å². The van der Waals surface area contributed by atoms with Crippen LogP contribution in [0.15, 0.2) is 36.7 Å². The van der Waals surface area contributed by atoms with Gasteiger partial charge in [-0.3, -0.25) is 10.1 Å². The Bertz CT molecular complexity index is 1220. The van der Waals surface area contributed by atoms with Crippen molar-refractivity contribution in [2.24, 2.45) is 0 Å². The molecule has 12 heteroatoms. The first-order chi connectivity index (χ1) is 16.4. The van der Waals surface area contributed by atoms with Gasteiger partial charge in [0.05, 0.1) is 17.5 Å². The van der Waals surface area contributed by atoms with Gasteiger partial charge in [0.1, 0.15) is 35.3 Å². The third kappa shape index (κ3) is 6.34.